The van der Waals surface area contributed by atoms with E-state index in [1.54, 1.807) is 0 Å². The first-order valence-corrected chi connectivity index (χ1v) is 26.0. The van der Waals surface area contributed by atoms with E-state index < -0.39 is 10.8 Å². The van der Waals surface area contributed by atoms with Crippen LogP contribution >= 0.6 is 11.6 Å². The second kappa shape index (κ2) is 15.5. The van der Waals surface area contributed by atoms with E-state index in [0.29, 0.717) is 10.7 Å². The highest BCUT2D eigenvalue weighted by molar-refractivity contribution is 6.37. The fraction of sp³-hybridized carbons (Fsp3) is 0.0282. The zero-order valence-corrected chi connectivity index (χ0v) is 41.2. The van der Waals surface area contributed by atoms with Crippen molar-refractivity contribution in [3.8, 4) is 33.4 Å². The lowest BCUT2D eigenvalue weighted by atomic mass is 9.57. The summed E-state index contributed by atoms with van der Waals surface area (Å²) in [5.41, 5.74) is 21.4. The van der Waals surface area contributed by atoms with Gasteiger partial charge < -0.3 is 9.80 Å². The smallest absolute Gasteiger partial charge is 0.194 e. The molecule has 0 atom stereocenters. The Balaban J connectivity index is 1.00. The lowest BCUT2D eigenvalue weighted by molar-refractivity contribution is 0.735. The molecule has 2 heterocycles. The molecule has 12 aromatic carbocycles. The Morgan fingerprint density at radius 2 is 0.627 bits per heavy atom. The molecule has 16 rings (SSSR count). The van der Waals surface area contributed by atoms with Crippen LogP contribution in [0.1, 0.15) is 44.5 Å². The van der Waals surface area contributed by atoms with Crippen molar-refractivity contribution >= 4 is 73.0 Å². The van der Waals surface area contributed by atoms with Crippen LogP contribution in [0, 0.1) is 6.57 Å². The largest absolute Gasteiger partial charge is 0.308 e. The fourth-order valence-corrected chi connectivity index (χ4v) is 14.5. The lowest BCUT2D eigenvalue weighted by Gasteiger charge is -2.50. The number of hydrogen-bond donors (Lipinski definition) is 0. The van der Waals surface area contributed by atoms with E-state index in [-0.39, 0.29) is 0 Å². The molecule has 0 saturated carbocycles. The maximum Gasteiger partial charge on any atom is 0.194 e. The topological polar surface area (TPSA) is 10.8 Å². The van der Waals surface area contributed by atoms with Crippen LogP contribution in [0.5, 0.6) is 0 Å². The van der Waals surface area contributed by atoms with Gasteiger partial charge in [0.1, 0.15) is 0 Å². The van der Waals surface area contributed by atoms with Gasteiger partial charge in [-0.05, 0) is 136 Å². The van der Waals surface area contributed by atoms with Crippen molar-refractivity contribution in [2.45, 2.75) is 10.8 Å². The SMILES string of the molecule is [C-]#[N+]c1ccccc1-c1cc(N2c3ccccc3C3(c4ccccc4-c4cccc5cccc3c45)c3ccccc32)c(Cl)c(N2c3ccccc3C3(c4ccccc4-c4cccc5cccc3c45)c3ccccc32)c1. The highest BCUT2D eigenvalue weighted by atomic mass is 35.5. The van der Waals surface area contributed by atoms with Crippen LogP contribution in [-0.4, -0.2) is 0 Å². The van der Waals surface area contributed by atoms with E-state index in [9.17, 15) is 0 Å². The third-order valence-electron chi connectivity index (χ3n) is 16.9. The van der Waals surface area contributed by atoms with Crippen LogP contribution in [0.15, 0.2) is 255 Å². The molecule has 0 bridgehead atoms. The first-order valence-electron chi connectivity index (χ1n) is 25.7. The number of para-hydroxylation sites is 5. The first-order chi connectivity index (χ1) is 37.1. The van der Waals surface area contributed by atoms with Crippen molar-refractivity contribution in [3.63, 3.8) is 0 Å². The van der Waals surface area contributed by atoms with Crippen molar-refractivity contribution in [2.75, 3.05) is 9.80 Å². The minimum Gasteiger partial charge on any atom is -0.308 e. The van der Waals surface area contributed by atoms with Gasteiger partial charge in [-0.25, -0.2) is 4.85 Å². The van der Waals surface area contributed by atoms with Gasteiger partial charge in [-0.2, -0.15) is 0 Å². The summed E-state index contributed by atoms with van der Waals surface area (Å²) in [5.74, 6) is 0. The molecule has 0 saturated heterocycles. The van der Waals surface area contributed by atoms with Crippen molar-refractivity contribution in [1.29, 1.82) is 0 Å². The quantitative estimate of drug-likeness (QED) is 0.163. The number of hydrogen-bond acceptors (Lipinski definition) is 2. The molecule has 75 heavy (non-hydrogen) atoms. The Hall–Kier alpha value is -9.46. The lowest BCUT2D eigenvalue weighted by Crippen LogP contribution is -2.40. The normalized spacial score (nSPS) is 14.3. The molecule has 4 aliphatic rings. The molecule has 2 spiro atoms. The molecule has 2 aliphatic heterocycles. The summed E-state index contributed by atoms with van der Waals surface area (Å²) in [4.78, 5) is 8.91. The Labute approximate surface area is 440 Å². The van der Waals surface area contributed by atoms with Gasteiger partial charge >= 0.3 is 0 Å². The summed E-state index contributed by atoms with van der Waals surface area (Å²) in [6.07, 6.45) is 0. The van der Waals surface area contributed by atoms with Gasteiger partial charge in [-0.1, -0.05) is 230 Å². The van der Waals surface area contributed by atoms with Crippen LogP contribution in [0.3, 0.4) is 0 Å². The number of anilines is 6. The molecule has 2 aliphatic carbocycles. The second-order valence-electron chi connectivity index (χ2n) is 20.2. The van der Waals surface area contributed by atoms with Crippen LogP contribution in [-0.2, 0) is 10.8 Å². The number of benzene rings is 12. The number of rotatable bonds is 3. The molecule has 3 nitrogen and oxygen atoms in total. The van der Waals surface area contributed by atoms with Gasteiger partial charge in [-0.15, -0.1) is 0 Å². The summed E-state index contributed by atoms with van der Waals surface area (Å²) < 4.78 is 0. The summed E-state index contributed by atoms with van der Waals surface area (Å²) in [6, 6.07) is 93.1. The van der Waals surface area contributed by atoms with E-state index in [0.717, 1.165) is 45.3 Å². The van der Waals surface area contributed by atoms with Crippen molar-refractivity contribution in [2.24, 2.45) is 0 Å². The van der Waals surface area contributed by atoms with E-state index in [1.165, 1.54) is 88.3 Å². The predicted octanol–water partition coefficient (Wildman–Crippen LogP) is 19.2. The van der Waals surface area contributed by atoms with Crippen LogP contribution in [0.2, 0.25) is 5.02 Å². The minimum absolute atomic E-state index is 0.574. The Morgan fingerprint density at radius 1 is 0.307 bits per heavy atom. The summed E-state index contributed by atoms with van der Waals surface area (Å²) in [6.45, 7) is 8.48. The molecule has 0 aromatic heterocycles. The van der Waals surface area contributed by atoms with Crippen molar-refractivity contribution in [3.05, 3.63) is 316 Å². The molecular formula is C71H42ClN3. The van der Waals surface area contributed by atoms with Crippen molar-refractivity contribution in [1.82, 2.24) is 0 Å². The van der Waals surface area contributed by atoms with E-state index in [1.807, 2.05) is 18.2 Å². The van der Waals surface area contributed by atoms with Crippen LogP contribution < -0.4 is 9.80 Å². The minimum atomic E-state index is -0.672. The maximum absolute atomic E-state index is 8.48. The van der Waals surface area contributed by atoms with Gasteiger partial charge in [0.25, 0.3) is 0 Å². The highest BCUT2D eigenvalue weighted by Crippen LogP contribution is 2.66. The molecular weight excluding hydrogens is 930 g/mol. The predicted molar refractivity (Wildman–Crippen MR) is 309 cm³/mol. The standard InChI is InChI=1S/C71H42ClN3/c1-73-60-37-11-4-24-47(60)46-42-65(74-61-38-12-7-31-54(61)70(55-32-8-13-39-62(55)74)52-29-5-2-25-48(52)50-27-16-20-44-22-18-35-58(70)67(44)50)69(72)66(43-46)75-63-40-14-9-33-56(63)71(57-34-10-15-41-64(57)75)53-30-6-3-26-49(53)51-28-17-21-45-23-19-36-59(71)68(45)51/h2-43H. The Morgan fingerprint density at radius 3 is 1.04 bits per heavy atom. The third kappa shape index (κ3) is 5.33. The van der Waals surface area contributed by atoms with E-state index >= 15 is 0 Å². The zero-order chi connectivity index (χ0) is 49.6. The summed E-state index contributed by atoms with van der Waals surface area (Å²) >= 11 is 8.41. The Bertz CT molecular complexity index is 4140. The Kier molecular flexibility index (Phi) is 8.71. The van der Waals surface area contributed by atoms with Gasteiger partial charge in [0.15, 0.2) is 5.69 Å². The fourth-order valence-electron chi connectivity index (χ4n) is 14.2. The average Bonchev–Trinajstić information content (AvgIpc) is 3.55. The average molecular weight is 973 g/mol. The number of fused-ring (bicyclic) bond motifs is 16. The molecule has 0 radical (unpaired) electrons. The number of halogens is 1. The molecule has 4 heteroatoms. The van der Waals surface area contributed by atoms with Gasteiger partial charge in [0, 0.05) is 0 Å². The molecule has 0 amide bonds. The summed E-state index contributed by atoms with van der Waals surface area (Å²) in [5, 5.41) is 5.58. The van der Waals surface area contributed by atoms with E-state index in [2.05, 4.69) is 251 Å². The maximum atomic E-state index is 8.48. The van der Waals surface area contributed by atoms with Gasteiger partial charge in [-0.3, -0.25) is 0 Å². The second-order valence-corrected chi connectivity index (χ2v) is 20.6. The third-order valence-corrected chi connectivity index (χ3v) is 17.3. The molecule has 348 valence electrons. The summed E-state index contributed by atoms with van der Waals surface area (Å²) in [7, 11) is 0. The van der Waals surface area contributed by atoms with Gasteiger partial charge in [0.05, 0.1) is 56.5 Å². The number of nitrogens with zero attached hydrogens (tertiary/aromatic N) is 3. The monoisotopic (exact) mass is 971 g/mol. The van der Waals surface area contributed by atoms with Crippen LogP contribution in [0.4, 0.5) is 39.8 Å². The molecule has 0 unspecified atom stereocenters. The molecule has 0 fully saturated rings. The van der Waals surface area contributed by atoms with Crippen LogP contribution in [0.25, 0.3) is 59.8 Å². The van der Waals surface area contributed by atoms with Crippen molar-refractivity contribution < 1.29 is 0 Å². The van der Waals surface area contributed by atoms with E-state index in [4.69, 9.17) is 18.2 Å². The molecule has 12 aromatic rings. The first kappa shape index (κ1) is 42.1. The molecule has 0 N–H and O–H groups in total. The highest BCUT2D eigenvalue weighted by Gasteiger charge is 2.52. The zero-order valence-electron chi connectivity index (χ0n) is 40.5. The van der Waals surface area contributed by atoms with Gasteiger partial charge in [0.2, 0.25) is 0 Å².